The molecule has 5 rings (SSSR count). The highest BCUT2D eigenvalue weighted by Gasteiger charge is 2.88. The van der Waals surface area contributed by atoms with Gasteiger partial charge in [0.2, 0.25) is 5.60 Å². The second kappa shape index (κ2) is 6.48. The van der Waals surface area contributed by atoms with E-state index < -0.39 is 64.6 Å². The molecule has 1 aromatic heterocycles. The molecule has 32 heavy (non-hydrogen) atoms. The Morgan fingerprint density at radius 3 is 2.47 bits per heavy atom. The fourth-order valence-electron chi connectivity index (χ4n) is 5.68. The van der Waals surface area contributed by atoms with Crippen molar-refractivity contribution >= 4 is 11.8 Å². The molecule has 10 heteroatoms. The van der Waals surface area contributed by atoms with Crippen molar-refractivity contribution in [2.24, 2.45) is 5.92 Å². The van der Waals surface area contributed by atoms with Crippen molar-refractivity contribution in [3.63, 3.8) is 0 Å². The summed E-state index contributed by atoms with van der Waals surface area (Å²) in [7, 11) is 1.28. The number of hydrogen-bond acceptors (Lipinski definition) is 10. The van der Waals surface area contributed by atoms with Crippen LogP contribution in [-0.4, -0.2) is 68.3 Å². The maximum Gasteiger partial charge on any atom is 0.342 e. The van der Waals surface area contributed by atoms with Gasteiger partial charge in [-0.15, -0.1) is 0 Å². The average Bonchev–Trinajstić information content (AvgIpc) is 2.87. The van der Waals surface area contributed by atoms with Crippen molar-refractivity contribution in [3.05, 3.63) is 64.2 Å². The number of aliphatic hydroxyl groups excluding tert-OH is 1. The highest BCUT2D eigenvalue weighted by molar-refractivity contribution is 6.05. The molecule has 1 aliphatic heterocycles. The van der Waals surface area contributed by atoms with E-state index in [1.165, 1.54) is 25.3 Å². The number of ketones is 1. The Kier molecular flexibility index (Phi) is 4.22. The largest absolute Gasteiger partial charge is 0.496 e. The zero-order chi connectivity index (χ0) is 23.1. The van der Waals surface area contributed by atoms with Crippen LogP contribution in [0.5, 0.6) is 5.75 Å². The molecule has 3 aliphatic rings. The third-order valence-corrected chi connectivity index (χ3v) is 6.99. The van der Waals surface area contributed by atoms with Crippen molar-refractivity contribution in [3.8, 4) is 5.75 Å². The number of carbonyl (C=O) groups is 2. The van der Waals surface area contributed by atoms with Gasteiger partial charge in [-0.1, -0.05) is 30.3 Å². The predicted molar refractivity (Wildman–Crippen MR) is 104 cm³/mol. The van der Waals surface area contributed by atoms with Gasteiger partial charge in [0.15, 0.2) is 5.78 Å². The van der Waals surface area contributed by atoms with Crippen molar-refractivity contribution in [1.29, 1.82) is 0 Å². The molecule has 6 unspecified atom stereocenters. The van der Waals surface area contributed by atoms with E-state index in [1.807, 2.05) is 0 Å². The Bertz CT molecular complexity index is 1170. The van der Waals surface area contributed by atoms with Gasteiger partial charge in [-0.25, -0.2) is 9.59 Å². The van der Waals surface area contributed by atoms with Crippen LogP contribution in [0.1, 0.15) is 28.5 Å². The Morgan fingerprint density at radius 2 is 1.81 bits per heavy atom. The summed E-state index contributed by atoms with van der Waals surface area (Å²) < 4.78 is 15.4. The third-order valence-electron chi connectivity index (χ3n) is 6.99. The minimum absolute atomic E-state index is 0.0218. The molecule has 0 radical (unpaired) electrons. The van der Waals surface area contributed by atoms with Crippen LogP contribution in [0.2, 0.25) is 0 Å². The second-order valence-corrected chi connectivity index (χ2v) is 8.49. The zero-order valence-electron chi connectivity index (χ0n) is 16.8. The molecule has 1 saturated heterocycles. The smallest absolute Gasteiger partial charge is 0.342 e. The van der Waals surface area contributed by atoms with Gasteiger partial charge in [0.1, 0.15) is 34.9 Å². The predicted octanol–water partition coefficient (Wildman–Crippen LogP) is -0.872. The van der Waals surface area contributed by atoms with Gasteiger partial charge in [-0.2, -0.15) is 0 Å². The Balaban J connectivity index is 1.80. The quantitative estimate of drug-likeness (QED) is 0.344. The molecule has 0 spiro atoms. The summed E-state index contributed by atoms with van der Waals surface area (Å²) in [4.78, 5) is 38.5. The standard InChI is InChI=1S/C22H20O10/c1-30-11-7-12(31-14(23)8-11)16-20(27)9-13-18(25)21(16,28)17(22(20,29)19(26)32-13)15(24)10-5-3-2-4-6-10/h2-8,13,16-18,25,27-29H,9H2,1H3/t13?,16?,17?,18?,20?,21?,22-/m1/s1. The van der Waals surface area contributed by atoms with Gasteiger partial charge < -0.3 is 34.3 Å². The number of methoxy groups -OCH3 is 1. The van der Waals surface area contributed by atoms with Crippen LogP contribution in [0.25, 0.3) is 0 Å². The number of hydrogen-bond donors (Lipinski definition) is 4. The summed E-state index contributed by atoms with van der Waals surface area (Å²) in [6.07, 6.45) is -3.76. The molecule has 168 valence electrons. The number of carbonyl (C=O) groups excluding carboxylic acids is 2. The van der Waals surface area contributed by atoms with Crippen molar-refractivity contribution < 1.29 is 43.9 Å². The second-order valence-electron chi connectivity index (χ2n) is 8.49. The lowest BCUT2D eigenvalue weighted by Gasteiger charge is -2.50. The normalized spacial score (nSPS) is 39.6. The zero-order valence-corrected chi connectivity index (χ0v) is 16.8. The van der Waals surface area contributed by atoms with Crippen LogP contribution in [0.4, 0.5) is 0 Å². The van der Waals surface area contributed by atoms with Gasteiger partial charge in [0.25, 0.3) is 0 Å². The van der Waals surface area contributed by atoms with Gasteiger partial charge in [0, 0.05) is 18.1 Å². The topological polar surface area (TPSA) is 164 Å². The summed E-state index contributed by atoms with van der Waals surface area (Å²) in [6.45, 7) is 0. The molecule has 3 bridgehead atoms. The molecule has 2 saturated carbocycles. The first-order valence-corrected chi connectivity index (χ1v) is 9.93. The van der Waals surface area contributed by atoms with E-state index in [-0.39, 0.29) is 17.1 Å². The number of ether oxygens (including phenoxy) is 2. The molecule has 2 aliphatic carbocycles. The van der Waals surface area contributed by atoms with Crippen molar-refractivity contribution in [2.75, 3.05) is 7.11 Å². The number of aliphatic hydroxyl groups is 4. The Labute approximate surface area is 180 Å². The maximum absolute atomic E-state index is 13.5. The van der Waals surface area contributed by atoms with E-state index in [0.29, 0.717) is 0 Å². The number of benzene rings is 1. The lowest BCUT2D eigenvalue weighted by atomic mass is 9.65. The minimum Gasteiger partial charge on any atom is -0.496 e. The highest BCUT2D eigenvalue weighted by Crippen LogP contribution is 2.67. The van der Waals surface area contributed by atoms with E-state index in [4.69, 9.17) is 13.9 Å². The minimum atomic E-state index is -2.92. The number of Topliss-reactive ketones (excluding diaryl/α,β-unsaturated/α-hetero) is 1. The molecule has 2 aromatic rings. The van der Waals surface area contributed by atoms with E-state index >= 15 is 0 Å². The third kappa shape index (κ3) is 2.29. The van der Waals surface area contributed by atoms with Crippen LogP contribution in [0.15, 0.2) is 51.7 Å². The van der Waals surface area contributed by atoms with Crippen LogP contribution in [-0.2, 0) is 9.53 Å². The molecular weight excluding hydrogens is 424 g/mol. The summed E-state index contributed by atoms with van der Waals surface area (Å²) in [6, 6.07) is 9.75. The molecule has 10 nitrogen and oxygen atoms in total. The van der Waals surface area contributed by atoms with Crippen LogP contribution in [0.3, 0.4) is 0 Å². The van der Waals surface area contributed by atoms with Crippen LogP contribution in [0, 0.1) is 5.92 Å². The van der Waals surface area contributed by atoms with Crippen molar-refractivity contribution in [1.82, 2.24) is 0 Å². The van der Waals surface area contributed by atoms with Crippen LogP contribution >= 0.6 is 0 Å². The van der Waals surface area contributed by atoms with Crippen LogP contribution < -0.4 is 10.4 Å². The van der Waals surface area contributed by atoms with Crippen molar-refractivity contribution in [2.45, 2.75) is 41.3 Å². The summed E-state index contributed by atoms with van der Waals surface area (Å²) in [5.74, 6) is -6.31. The lowest BCUT2D eigenvalue weighted by molar-refractivity contribution is -0.252. The number of esters is 1. The van der Waals surface area contributed by atoms with E-state index in [9.17, 15) is 34.8 Å². The van der Waals surface area contributed by atoms with E-state index in [1.54, 1.807) is 18.2 Å². The number of fused-ring (bicyclic) bond motifs is 2. The van der Waals surface area contributed by atoms with Gasteiger partial charge in [-0.3, -0.25) is 4.79 Å². The maximum atomic E-state index is 13.5. The molecular formula is C22H20O10. The Morgan fingerprint density at radius 1 is 1.12 bits per heavy atom. The highest BCUT2D eigenvalue weighted by atomic mass is 16.6. The van der Waals surface area contributed by atoms with Gasteiger partial charge in [-0.05, 0) is 0 Å². The summed E-state index contributed by atoms with van der Waals surface area (Å²) in [5, 5.41) is 46.1. The molecule has 2 heterocycles. The van der Waals surface area contributed by atoms with E-state index in [2.05, 4.69) is 0 Å². The lowest BCUT2D eigenvalue weighted by Crippen LogP contribution is -2.69. The van der Waals surface area contributed by atoms with Gasteiger partial charge in [0.05, 0.1) is 25.0 Å². The first-order chi connectivity index (χ1) is 15.1. The fraction of sp³-hybridized carbons (Fsp3) is 0.409. The molecule has 7 atom stereocenters. The SMILES string of the molecule is COc1cc(C2C3(O)C(O)C4CC2(O)[C@](O)(C(=O)O4)C3C(=O)c2ccccc2)oc(=O)c1. The first kappa shape index (κ1) is 20.8. The summed E-state index contributed by atoms with van der Waals surface area (Å²) in [5.41, 5.74) is -8.89. The average molecular weight is 444 g/mol. The molecule has 3 fully saturated rings. The monoisotopic (exact) mass is 444 g/mol. The van der Waals surface area contributed by atoms with E-state index in [0.717, 1.165) is 6.07 Å². The van der Waals surface area contributed by atoms with Gasteiger partial charge >= 0.3 is 11.6 Å². The Hall–Kier alpha value is -3.05. The molecule has 1 aromatic carbocycles. The number of rotatable bonds is 4. The fourth-order valence-corrected chi connectivity index (χ4v) is 5.68. The first-order valence-electron chi connectivity index (χ1n) is 9.93. The summed E-state index contributed by atoms with van der Waals surface area (Å²) >= 11 is 0. The molecule has 0 amide bonds. The molecule has 4 N–H and O–H groups in total.